The van der Waals surface area contributed by atoms with Gasteiger partial charge in [-0.25, -0.2) is 0 Å². The Bertz CT molecular complexity index is 2770. The minimum Gasteiger partial charge on any atom is -0.386 e. The summed E-state index contributed by atoms with van der Waals surface area (Å²) < 4.78 is 57.1. The third-order valence-electron chi connectivity index (χ3n) is 18.3. The number of ether oxygens (including phenoxy) is 10. The monoisotopic (exact) mass is 1380 g/mol. The first-order valence-corrected chi connectivity index (χ1v) is 35.0. The van der Waals surface area contributed by atoms with Gasteiger partial charge in [-0.1, -0.05) is 91.3 Å². The van der Waals surface area contributed by atoms with E-state index < -0.39 is 78.1 Å². The van der Waals surface area contributed by atoms with E-state index in [-0.39, 0.29) is 77.8 Å². The first kappa shape index (κ1) is 82.6. The number of benzene rings is 2. The van der Waals surface area contributed by atoms with Crippen LogP contribution >= 0.6 is 0 Å². The Labute approximate surface area is 579 Å². The Morgan fingerprint density at radius 1 is 0.663 bits per heavy atom. The maximum atomic E-state index is 14.7. The number of imide groups is 2. The quantitative estimate of drug-likeness (QED) is 0.0456. The smallest absolute Gasteiger partial charge is 0.264 e. The molecular formula is C71H114N8O19. The standard InChI is InChI=1S/C71H114N8O19/c1-13-49(6)63(57(89-11)46-59(81)78-29-18-24-55(78)65(90-12)50(7)66(83)73-51(8)64(82)52-20-15-14-16-21-52)77(10)71(88)61(47(2)3)75-68(85)62(48(4)5)76(9)28-19-30-91-32-34-93-36-38-95-40-42-97-44-45-98-43-41-96-39-37-94-35-33-92-31-27-72-54-23-17-22-53-60(54)70(87)79(69(53)86)56-25-26-58(80)74-67(56)84/h14-17,20-23,47-51,55-57,61-65,72,82H,13,18-19,24-46H2,1-12H3,(H,73,83)(H,75,85)(H,74,80,84). The molecule has 27 heteroatoms. The summed E-state index contributed by atoms with van der Waals surface area (Å²) in [5, 5.41) is 22.4. The zero-order valence-electron chi connectivity index (χ0n) is 60.1. The van der Waals surface area contributed by atoms with E-state index in [4.69, 9.17) is 47.4 Å². The number of methoxy groups -OCH3 is 2. The van der Waals surface area contributed by atoms with Gasteiger partial charge in [0.05, 0.1) is 165 Å². The van der Waals surface area contributed by atoms with Crippen molar-refractivity contribution in [2.24, 2.45) is 23.7 Å². The van der Waals surface area contributed by atoms with Crippen LogP contribution in [0.2, 0.25) is 0 Å². The van der Waals surface area contributed by atoms with E-state index in [1.54, 1.807) is 63.1 Å². The number of hydrogen-bond donors (Lipinski definition) is 5. The third-order valence-corrected chi connectivity index (χ3v) is 18.3. The summed E-state index contributed by atoms with van der Waals surface area (Å²) in [6.45, 7) is 23.2. The molecule has 0 radical (unpaired) electrons. The zero-order chi connectivity index (χ0) is 71.7. The first-order chi connectivity index (χ1) is 47.1. The molecule has 2 fully saturated rings. The Hall–Kier alpha value is -6.08. The van der Waals surface area contributed by atoms with Crippen molar-refractivity contribution in [2.45, 2.75) is 155 Å². The molecule has 5 rings (SSSR count). The number of amides is 8. The predicted molar refractivity (Wildman–Crippen MR) is 366 cm³/mol. The molecule has 0 spiro atoms. The van der Waals surface area contributed by atoms with Crippen molar-refractivity contribution in [1.82, 2.24) is 35.6 Å². The van der Waals surface area contributed by atoms with Crippen LogP contribution in [-0.2, 0) is 76.1 Å². The zero-order valence-corrected chi connectivity index (χ0v) is 60.1. The predicted octanol–water partition coefficient (Wildman–Crippen LogP) is 4.28. The van der Waals surface area contributed by atoms with E-state index in [0.717, 1.165) is 11.3 Å². The number of likely N-dealkylation sites (N-methyl/N-ethyl adjacent to an activating group) is 2. The number of nitrogens with zero attached hydrogens (tertiary/aromatic N) is 4. The van der Waals surface area contributed by atoms with E-state index in [2.05, 4.69) is 21.3 Å². The molecule has 0 aliphatic carbocycles. The van der Waals surface area contributed by atoms with Crippen LogP contribution in [0.3, 0.4) is 0 Å². The SMILES string of the molecule is CCC(C)C(C(CC(=O)N1CCCC1C(OC)C(C)C(=O)NC(C)C(O)c1ccccc1)OC)N(C)C(=O)C(NC(=O)C(C(C)C)N(C)CCCOCCOCCOCCOCCOCCOCCOCCOCCNc1cccc2c1C(=O)N(C1CCC(=O)NC1=O)C2=O)C(C)C. The van der Waals surface area contributed by atoms with Crippen LogP contribution in [0.1, 0.15) is 133 Å². The number of hydrogen-bond acceptors (Lipinski definition) is 21. The van der Waals surface area contributed by atoms with Gasteiger partial charge in [0.2, 0.25) is 35.4 Å². The fourth-order valence-corrected chi connectivity index (χ4v) is 12.8. The van der Waals surface area contributed by atoms with Crippen LogP contribution in [0.4, 0.5) is 5.69 Å². The van der Waals surface area contributed by atoms with Gasteiger partial charge >= 0.3 is 0 Å². The van der Waals surface area contributed by atoms with Crippen molar-refractivity contribution in [3.63, 3.8) is 0 Å². The topological polar surface area (TPSA) is 310 Å². The second kappa shape index (κ2) is 44.2. The number of anilines is 1. The first-order valence-electron chi connectivity index (χ1n) is 35.0. The van der Waals surface area contributed by atoms with Gasteiger partial charge in [-0.15, -0.1) is 0 Å². The molecule has 552 valence electrons. The number of carbonyl (C=O) groups excluding carboxylic acids is 8. The largest absolute Gasteiger partial charge is 0.386 e. The van der Waals surface area contributed by atoms with Gasteiger partial charge in [-0.3, -0.25) is 53.5 Å². The number of aliphatic hydroxyl groups is 1. The van der Waals surface area contributed by atoms with Crippen LogP contribution in [0.25, 0.3) is 0 Å². The van der Waals surface area contributed by atoms with Crippen molar-refractivity contribution in [1.29, 1.82) is 0 Å². The highest BCUT2D eigenvalue weighted by Crippen LogP contribution is 2.34. The second-order valence-electron chi connectivity index (χ2n) is 26.0. The van der Waals surface area contributed by atoms with Crippen LogP contribution < -0.4 is 21.3 Å². The fourth-order valence-electron chi connectivity index (χ4n) is 12.8. The molecular weight excluding hydrogens is 1270 g/mol. The lowest BCUT2D eigenvalue weighted by Gasteiger charge is -2.41. The average molecular weight is 1380 g/mol. The molecule has 2 saturated heterocycles. The maximum absolute atomic E-state index is 14.7. The molecule has 11 atom stereocenters. The Balaban J connectivity index is 0.870. The number of nitrogens with one attached hydrogen (secondary N) is 4. The second-order valence-corrected chi connectivity index (χ2v) is 26.0. The summed E-state index contributed by atoms with van der Waals surface area (Å²) in [6, 6.07) is 10.2. The van der Waals surface area contributed by atoms with E-state index in [1.165, 1.54) is 0 Å². The van der Waals surface area contributed by atoms with Crippen LogP contribution in [0, 0.1) is 23.7 Å². The molecule has 0 aromatic heterocycles. The number of aliphatic hydroxyl groups excluding tert-OH is 1. The van der Waals surface area contributed by atoms with Crippen LogP contribution in [0.15, 0.2) is 48.5 Å². The minimum atomic E-state index is -1.03. The van der Waals surface area contributed by atoms with Crippen molar-refractivity contribution >= 4 is 52.9 Å². The fraction of sp³-hybridized carbons (Fsp3) is 0.718. The summed E-state index contributed by atoms with van der Waals surface area (Å²) >= 11 is 0. The van der Waals surface area contributed by atoms with Crippen molar-refractivity contribution in [3.05, 3.63) is 65.2 Å². The molecule has 98 heavy (non-hydrogen) atoms. The van der Waals surface area contributed by atoms with Crippen molar-refractivity contribution in [3.8, 4) is 0 Å². The Kier molecular flexibility index (Phi) is 37.3. The van der Waals surface area contributed by atoms with Crippen molar-refractivity contribution < 1.29 is 90.8 Å². The Morgan fingerprint density at radius 2 is 1.22 bits per heavy atom. The highest BCUT2D eigenvalue weighted by molar-refractivity contribution is 6.25. The highest BCUT2D eigenvalue weighted by atomic mass is 16.6. The maximum Gasteiger partial charge on any atom is 0.264 e. The van der Waals surface area contributed by atoms with Gasteiger partial charge in [0.15, 0.2) is 0 Å². The summed E-state index contributed by atoms with van der Waals surface area (Å²) in [5.41, 5.74) is 1.56. The molecule has 8 amide bonds. The summed E-state index contributed by atoms with van der Waals surface area (Å²) in [5.74, 6) is -4.24. The summed E-state index contributed by atoms with van der Waals surface area (Å²) in [6.07, 6.45) is 0.666. The molecule has 2 aromatic rings. The van der Waals surface area contributed by atoms with E-state index in [9.17, 15) is 43.5 Å². The van der Waals surface area contributed by atoms with Gasteiger partial charge in [-0.05, 0) is 75.1 Å². The van der Waals surface area contributed by atoms with E-state index in [0.29, 0.717) is 156 Å². The molecule has 27 nitrogen and oxygen atoms in total. The molecule has 11 unspecified atom stereocenters. The minimum absolute atomic E-state index is 0.0115. The van der Waals surface area contributed by atoms with Gasteiger partial charge in [0, 0.05) is 59.6 Å². The van der Waals surface area contributed by atoms with Gasteiger partial charge in [0.25, 0.3) is 11.8 Å². The lowest BCUT2D eigenvalue weighted by molar-refractivity contribution is -0.148. The number of carbonyl (C=O) groups is 8. The Morgan fingerprint density at radius 3 is 1.74 bits per heavy atom. The van der Waals surface area contributed by atoms with Crippen LogP contribution in [-0.4, -0.2) is 274 Å². The van der Waals surface area contributed by atoms with E-state index in [1.807, 2.05) is 83.8 Å². The molecule has 3 aliphatic heterocycles. The summed E-state index contributed by atoms with van der Waals surface area (Å²) in [7, 11) is 6.73. The highest BCUT2D eigenvalue weighted by Gasteiger charge is 2.47. The molecule has 3 heterocycles. The van der Waals surface area contributed by atoms with E-state index >= 15 is 0 Å². The number of likely N-dealkylation sites (tertiary alicyclic amines) is 1. The van der Waals surface area contributed by atoms with Crippen molar-refractivity contribution in [2.75, 3.05) is 159 Å². The summed E-state index contributed by atoms with van der Waals surface area (Å²) in [4.78, 5) is 114. The average Bonchev–Trinajstić information content (AvgIpc) is 1.60. The van der Waals surface area contributed by atoms with Gasteiger partial charge in [-0.2, -0.15) is 0 Å². The third kappa shape index (κ3) is 25.2. The molecule has 3 aliphatic rings. The molecule has 0 saturated carbocycles. The molecule has 5 N–H and O–H groups in total. The lowest BCUT2D eigenvalue weighted by atomic mass is 9.89. The van der Waals surface area contributed by atoms with Gasteiger partial charge < -0.3 is 78.2 Å². The molecule has 0 bridgehead atoms. The van der Waals surface area contributed by atoms with Crippen LogP contribution in [0.5, 0.6) is 0 Å². The molecule has 2 aromatic carbocycles. The normalized spacial score (nSPS) is 18.5. The van der Waals surface area contributed by atoms with Gasteiger partial charge in [0.1, 0.15) is 12.1 Å². The lowest BCUT2D eigenvalue weighted by Crippen LogP contribution is -2.60. The number of piperidine rings is 1. The number of fused-ring (bicyclic) bond motifs is 1. The number of rotatable bonds is 50.